The molecule has 2 heterocycles. The van der Waals surface area contributed by atoms with Gasteiger partial charge in [-0.2, -0.15) is 0 Å². The highest BCUT2D eigenvalue weighted by Gasteiger charge is 2.29. The summed E-state index contributed by atoms with van der Waals surface area (Å²) in [4.78, 5) is 7.12. The molecule has 104 valence electrons. The monoisotopic (exact) mass is 259 g/mol. The van der Waals surface area contributed by atoms with E-state index in [4.69, 9.17) is 0 Å². The highest BCUT2D eigenvalue weighted by atomic mass is 15.2. The van der Waals surface area contributed by atoms with Crippen molar-refractivity contribution in [2.45, 2.75) is 45.1 Å². The number of aromatic nitrogens is 1. The summed E-state index contributed by atoms with van der Waals surface area (Å²) in [5.41, 5.74) is 1.23. The fourth-order valence-electron chi connectivity index (χ4n) is 3.14. The average molecular weight is 259 g/mol. The zero-order chi connectivity index (χ0) is 13.1. The molecule has 1 aromatic heterocycles. The number of aryl methyl sites for hydroxylation is 1. The van der Waals surface area contributed by atoms with E-state index in [1.807, 2.05) is 6.20 Å². The number of rotatable bonds is 5. The molecule has 1 saturated carbocycles. The number of hydrogen-bond acceptors (Lipinski definition) is 3. The Morgan fingerprint density at radius 2 is 2.05 bits per heavy atom. The minimum atomic E-state index is 0.585. The summed E-state index contributed by atoms with van der Waals surface area (Å²) in [7, 11) is 0. The van der Waals surface area contributed by atoms with E-state index in [0.29, 0.717) is 6.04 Å². The van der Waals surface area contributed by atoms with Gasteiger partial charge in [0.15, 0.2) is 0 Å². The first kappa shape index (κ1) is 12.9. The molecular formula is C16H25N3. The van der Waals surface area contributed by atoms with Crippen LogP contribution in [-0.2, 0) is 0 Å². The van der Waals surface area contributed by atoms with Crippen LogP contribution in [0.15, 0.2) is 18.3 Å². The molecule has 2 aliphatic rings. The van der Waals surface area contributed by atoms with E-state index < -0.39 is 0 Å². The van der Waals surface area contributed by atoms with Gasteiger partial charge in [-0.05, 0) is 63.2 Å². The third kappa shape index (κ3) is 3.27. The molecule has 1 N–H and O–H groups in total. The zero-order valence-corrected chi connectivity index (χ0v) is 11.9. The number of nitrogens with one attached hydrogen (secondary N) is 1. The highest BCUT2D eigenvalue weighted by molar-refractivity contribution is 5.36. The number of anilines is 1. The Morgan fingerprint density at radius 1 is 1.26 bits per heavy atom. The third-order valence-corrected chi connectivity index (χ3v) is 4.62. The lowest BCUT2D eigenvalue weighted by atomic mass is 9.79. The maximum absolute atomic E-state index is 4.50. The van der Waals surface area contributed by atoms with Gasteiger partial charge in [0.1, 0.15) is 5.82 Å². The Bertz CT molecular complexity index is 391. The standard InChI is InChI=1S/C16H25N3/c1-13-7-8-16(17-11-13)18-15(14-5-4-6-14)12-19-9-2-3-10-19/h7-8,11,14-15H,2-6,9-10,12H2,1H3,(H,17,18). The van der Waals surface area contributed by atoms with Gasteiger partial charge in [0.05, 0.1) is 0 Å². The van der Waals surface area contributed by atoms with Crippen LogP contribution in [0.2, 0.25) is 0 Å². The fraction of sp³-hybridized carbons (Fsp3) is 0.688. The maximum Gasteiger partial charge on any atom is 0.126 e. The average Bonchev–Trinajstić information content (AvgIpc) is 2.82. The van der Waals surface area contributed by atoms with Crippen molar-refractivity contribution in [1.29, 1.82) is 0 Å². The second-order valence-electron chi connectivity index (χ2n) is 6.17. The van der Waals surface area contributed by atoms with Gasteiger partial charge in [-0.3, -0.25) is 0 Å². The largest absolute Gasteiger partial charge is 0.366 e. The molecule has 0 radical (unpaired) electrons. The lowest BCUT2D eigenvalue weighted by Gasteiger charge is -2.36. The molecule has 3 heteroatoms. The van der Waals surface area contributed by atoms with Crippen LogP contribution in [0, 0.1) is 12.8 Å². The lowest BCUT2D eigenvalue weighted by Crippen LogP contribution is -2.43. The van der Waals surface area contributed by atoms with Crippen LogP contribution in [-0.4, -0.2) is 35.6 Å². The normalized spacial score (nSPS) is 22.2. The molecule has 1 aliphatic carbocycles. The Hall–Kier alpha value is -1.09. The first-order valence-electron chi connectivity index (χ1n) is 7.73. The second kappa shape index (κ2) is 5.91. The van der Waals surface area contributed by atoms with Gasteiger partial charge in [0, 0.05) is 18.8 Å². The predicted molar refractivity (Wildman–Crippen MR) is 79.4 cm³/mol. The Labute approximate surface area is 116 Å². The van der Waals surface area contributed by atoms with E-state index >= 15 is 0 Å². The van der Waals surface area contributed by atoms with Crippen molar-refractivity contribution in [1.82, 2.24) is 9.88 Å². The molecule has 3 nitrogen and oxygen atoms in total. The van der Waals surface area contributed by atoms with Crippen LogP contribution >= 0.6 is 0 Å². The Balaban J connectivity index is 1.62. The summed E-state index contributed by atoms with van der Waals surface area (Å²) in [5, 5.41) is 3.68. The number of likely N-dealkylation sites (tertiary alicyclic amines) is 1. The molecule has 1 aliphatic heterocycles. The maximum atomic E-state index is 4.50. The van der Waals surface area contributed by atoms with Crippen LogP contribution < -0.4 is 5.32 Å². The number of hydrogen-bond donors (Lipinski definition) is 1. The summed E-state index contributed by atoms with van der Waals surface area (Å²) >= 11 is 0. The minimum Gasteiger partial charge on any atom is -0.366 e. The molecule has 1 unspecified atom stereocenters. The second-order valence-corrected chi connectivity index (χ2v) is 6.17. The van der Waals surface area contributed by atoms with Crippen LogP contribution in [0.3, 0.4) is 0 Å². The van der Waals surface area contributed by atoms with Crippen LogP contribution in [0.25, 0.3) is 0 Å². The van der Waals surface area contributed by atoms with Gasteiger partial charge in [-0.1, -0.05) is 12.5 Å². The summed E-state index contributed by atoms with van der Waals surface area (Å²) in [6, 6.07) is 4.84. The van der Waals surface area contributed by atoms with E-state index in [-0.39, 0.29) is 0 Å². The van der Waals surface area contributed by atoms with Gasteiger partial charge in [0.2, 0.25) is 0 Å². The molecule has 0 spiro atoms. The van der Waals surface area contributed by atoms with Crippen molar-refractivity contribution < 1.29 is 0 Å². The molecule has 2 fully saturated rings. The van der Waals surface area contributed by atoms with E-state index in [9.17, 15) is 0 Å². The Morgan fingerprint density at radius 3 is 2.63 bits per heavy atom. The first-order valence-corrected chi connectivity index (χ1v) is 7.73. The molecule has 0 bridgehead atoms. The van der Waals surface area contributed by atoms with Gasteiger partial charge in [-0.25, -0.2) is 4.98 Å². The van der Waals surface area contributed by atoms with Crippen LogP contribution in [0.1, 0.15) is 37.7 Å². The molecule has 1 saturated heterocycles. The third-order valence-electron chi connectivity index (χ3n) is 4.62. The van der Waals surface area contributed by atoms with Gasteiger partial charge >= 0.3 is 0 Å². The van der Waals surface area contributed by atoms with Crippen LogP contribution in [0.4, 0.5) is 5.82 Å². The molecule has 0 aromatic carbocycles. The zero-order valence-electron chi connectivity index (χ0n) is 11.9. The summed E-state index contributed by atoms with van der Waals surface area (Å²) in [5.74, 6) is 1.89. The molecule has 19 heavy (non-hydrogen) atoms. The molecule has 1 atom stereocenters. The summed E-state index contributed by atoms with van der Waals surface area (Å²) in [6.07, 6.45) is 8.88. The SMILES string of the molecule is Cc1ccc(NC(CN2CCCC2)C2CCC2)nc1. The van der Waals surface area contributed by atoms with Crippen molar-refractivity contribution in [3.63, 3.8) is 0 Å². The Kier molecular flexibility index (Phi) is 4.02. The molecule has 0 amide bonds. The van der Waals surface area contributed by atoms with E-state index in [0.717, 1.165) is 11.7 Å². The highest BCUT2D eigenvalue weighted by Crippen LogP contribution is 2.32. The van der Waals surface area contributed by atoms with E-state index in [1.54, 1.807) is 0 Å². The van der Waals surface area contributed by atoms with Crippen molar-refractivity contribution in [2.75, 3.05) is 25.0 Å². The topological polar surface area (TPSA) is 28.2 Å². The molecule has 1 aromatic rings. The van der Waals surface area contributed by atoms with Gasteiger partial charge in [-0.15, -0.1) is 0 Å². The van der Waals surface area contributed by atoms with Crippen molar-refractivity contribution in [2.24, 2.45) is 5.92 Å². The van der Waals surface area contributed by atoms with Crippen LogP contribution in [0.5, 0.6) is 0 Å². The first-order chi connectivity index (χ1) is 9.31. The van der Waals surface area contributed by atoms with Gasteiger partial charge < -0.3 is 10.2 Å². The van der Waals surface area contributed by atoms with E-state index in [1.165, 1.54) is 57.3 Å². The van der Waals surface area contributed by atoms with E-state index in [2.05, 4.69) is 34.3 Å². The van der Waals surface area contributed by atoms with Gasteiger partial charge in [0.25, 0.3) is 0 Å². The number of nitrogens with zero attached hydrogens (tertiary/aromatic N) is 2. The summed E-state index contributed by atoms with van der Waals surface area (Å²) < 4.78 is 0. The minimum absolute atomic E-state index is 0.585. The smallest absolute Gasteiger partial charge is 0.126 e. The predicted octanol–water partition coefficient (Wildman–Crippen LogP) is 3.07. The van der Waals surface area contributed by atoms with Crippen molar-refractivity contribution in [3.05, 3.63) is 23.9 Å². The molecule has 3 rings (SSSR count). The lowest BCUT2D eigenvalue weighted by molar-refractivity contribution is 0.217. The fourth-order valence-corrected chi connectivity index (χ4v) is 3.14. The van der Waals surface area contributed by atoms with Crippen molar-refractivity contribution in [3.8, 4) is 0 Å². The quantitative estimate of drug-likeness (QED) is 0.881. The summed E-state index contributed by atoms with van der Waals surface area (Å²) in [6.45, 7) is 5.85. The number of pyridine rings is 1. The molecular weight excluding hydrogens is 234 g/mol. The van der Waals surface area contributed by atoms with Crippen molar-refractivity contribution >= 4 is 5.82 Å².